The lowest BCUT2D eigenvalue weighted by molar-refractivity contribution is 0.285. The fraction of sp³-hybridized carbons (Fsp3) is 0.333. The molecule has 3 nitrogen and oxygen atoms in total. The Bertz CT molecular complexity index is 515. The molecule has 0 aliphatic heterocycles. The van der Waals surface area contributed by atoms with Gasteiger partial charge in [0.2, 0.25) is 0 Å². The molecule has 0 saturated heterocycles. The maximum atomic E-state index is 5.59. The quantitative estimate of drug-likeness (QED) is 0.894. The summed E-state index contributed by atoms with van der Waals surface area (Å²) >= 11 is 0. The van der Waals surface area contributed by atoms with Gasteiger partial charge >= 0.3 is 0 Å². The molecule has 0 bridgehead atoms. The molecule has 1 aliphatic carbocycles. The summed E-state index contributed by atoms with van der Waals surface area (Å²) in [4.78, 5) is 9.06. The summed E-state index contributed by atoms with van der Waals surface area (Å²) in [6, 6.07) is 10.6. The summed E-state index contributed by atoms with van der Waals surface area (Å²) in [5, 5.41) is 0. The minimum Gasteiger partial charge on any atom is -0.326 e. The molecule has 1 fully saturated rings. The predicted molar refractivity (Wildman–Crippen MR) is 71.0 cm³/mol. The molecule has 18 heavy (non-hydrogen) atoms. The Labute approximate surface area is 107 Å². The van der Waals surface area contributed by atoms with Crippen molar-refractivity contribution < 1.29 is 0 Å². The molecule has 92 valence electrons. The Hall–Kier alpha value is -1.74. The lowest BCUT2D eigenvalue weighted by atomic mass is 9.64. The molecule has 0 radical (unpaired) electrons. The van der Waals surface area contributed by atoms with E-state index < -0.39 is 0 Å². The Morgan fingerprint density at radius 2 is 1.72 bits per heavy atom. The Balaban J connectivity index is 2.01. The number of hydrogen-bond acceptors (Lipinski definition) is 3. The van der Waals surface area contributed by atoms with Crippen molar-refractivity contribution in [2.24, 2.45) is 5.73 Å². The van der Waals surface area contributed by atoms with E-state index in [1.165, 1.54) is 12.0 Å². The highest BCUT2D eigenvalue weighted by atomic mass is 14.9. The first kappa shape index (κ1) is 11.4. The van der Waals surface area contributed by atoms with Crippen molar-refractivity contribution in [3.05, 3.63) is 59.7 Å². The van der Waals surface area contributed by atoms with Crippen LogP contribution in [-0.4, -0.2) is 9.97 Å². The van der Waals surface area contributed by atoms with Crippen LogP contribution in [0.1, 0.15) is 36.2 Å². The maximum Gasteiger partial charge on any atom is 0.138 e. The number of nitrogens with two attached hydrogens (primary N) is 1. The Kier molecular flexibility index (Phi) is 2.84. The van der Waals surface area contributed by atoms with Crippen LogP contribution in [0.15, 0.2) is 42.7 Å². The summed E-state index contributed by atoms with van der Waals surface area (Å²) < 4.78 is 0. The average Bonchev–Trinajstić information content (AvgIpc) is 2.40. The van der Waals surface area contributed by atoms with Gasteiger partial charge in [0.15, 0.2) is 0 Å². The zero-order chi connectivity index (χ0) is 12.4. The molecule has 1 aromatic heterocycles. The maximum absolute atomic E-state index is 5.59. The van der Waals surface area contributed by atoms with E-state index in [9.17, 15) is 0 Å². The molecular weight excluding hydrogens is 222 g/mol. The van der Waals surface area contributed by atoms with E-state index >= 15 is 0 Å². The fourth-order valence-electron chi connectivity index (χ4n) is 2.64. The molecule has 0 spiro atoms. The van der Waals surface area contributed by atoms with E-state index in [1.807, 2.05) is 18.5 Å². The fourth-order valence-corrected chi connectivity index (χ4v) is 2.64. The molecule has 0 unspecified atom stereocenters. The van der Waals surface area contributed by atoms with Gasteiger partial charge in [-0.15, -0.1) is 0 Å². The van der Waals surface area contributed by atoms with E-state index in [2.05, 4.69) is 34.2 Å². The van der Waals surface area contributed by atoms with Gasteiger partial charge in [0.25, 0.3) is 0 Å². The highest BCUT2D eigenvalue weighted by molar-refractivity contribution is 5.35. The molecule has 0 atom stereocenters. The van der Waals surface area contributed by atoms with Gasteiger partial charge in [0, 0.05) is 24.5 Å². The van der Waals surface area contributed by atoms with Crippen molar-refractivity contribution in [3.8, 4) is 0 Å². The van der Waals surface area contributed by atoms with Crippen molar-refractivity contribution in [2.75, 3.05) is 0 Å². The van der Waals surface area contributed by atoms with Gasteiger partial charge in [0.1, 0.15) is 5.82 Å². The SMILES string of the molecule is NCc1cnc(C2(c3ccccc3)CCC2)nc1. The van der Waals surface area contributed by atoms with Crippen LogP contribution in [0.4, 0.5) is 0 Å². The average molecular weight is 239 g/mol. The van der Waals surface area contributed by atoms with Crippen LogP contribution >= 0.6 is 0 Å². The van der Waals surface area contributed by atoms with Crippen molar-refractivity contribution >= 4 is 0 Å². The third-order valence-corrected chi connectivity index (χ3v) is 3.90. The van der Waals surface area contributed by atoms with Gasteiger partial charge in [-0.05, 0) is 18.4 Å². The van der Waals surface area contributed by atoms with Crippen molar-refractivity contribution in [2.45, 2.75) is 31.2 Å². The second-order valence-corrected chi connectivity index (χ2v) is 4.92. The smallest absolute Gasteiger partial charge is 0.138 e. The summed E-state index contributed by atoms with van der Waals surface area (Å²) in [6.07, 6.45) is 7.23. The summed E-state index contributed by atoms with van der Waals surface area (Å²) in [6.45, 7) is 0.499. The molecule has 3 rings (SSSR count). The van der Waals surface area contributed by atoms with E-state index in [-0.39, 0.29) is 5.41 Å². The lowest BCUT2D eigenvalue weighted by Gasteiger charge is -2.40. The Morgan fingerprint density at radius 3 is 2.22 bits per heavy atom. The van der Waals surface area contributed by atoms with Gasteiger partial charge in [-0.1, -0.05) is 36.8 Å². The van der Waals surface area contributed by atoms with Gasteiger partial charge < -0.3 is 5.73 Å². The first-order chi connectivity index (χ1) is 8.85. The number of hydrogen-bond donors (Lipinski definition) is 1. The molecular formula is C15H17N3. The molecule has 0 amide bonds. The number of benzene rings is 1. The number of aromatic nitrogens is 2. The molecule has 1 saturated carbocycles. The third kappa shape index (κ3) is 1.71. The lowest BCUT2D eigenvalue weighted by Crippen LogP contribution is -2.37. The zero-order valence-corrected chi connectivity index (χ0v) is 10.3. The standard InChI is InChI=1S/C15H17N3/c16-9-12-10-17-14(18-11-12)15(7-4-8-15)13-5-2-1-3-6-13/h1-3,5-6,10-11H,4,7-9,16H2. The Morgan fingerprint density at radius 1 is 1.06 bits per heavy atom. The van der Waals surface area contributed by atoms with Crippen LogP contribution in [0.25, 0.3) is 0 Å². The summed E-state index contributed by atoms with van der Waals surface area (Å²) in [7, 11) is 0. The minimum absolute atomic E-state index is 0.0361. The monoisotopic (exact) mass is 239 g/mol. The van der Waals surface area contributed by atoms with Crippen LogP contribution in [0, 0.1) is 0 Å². The van der Waals surface area contributed by atoms with Gasteiger partial charge in [-0.25, -0.2) is 9.97 Å². The van der Waals surface area contributed by atoms with Crippen molar-refractivity contribution in [1.29, 1.82) is 0 Å². The zero-order valence-electron chi connectivity index (χ0n) is 10.3. The van der Waals surface area contributed by atoms with Crippen LogP contribution < -0.4 is 5.73 Å². The number of rotatable bonds is 3. The summed E-state index contributed by atoms with van der Waals surface area (Å²) in [5.41, 5.74) is 7.94. The first-order valence-corrected chi connectivity index (χ1v) is 6.42. The molecule has 2 N–H and O–H groups in total. The third-order valence-electron chi connectivity index (χ3n) is 3.90. The highest BCUT2D eigenvalue weighted by Gasteiger charge is 2.42. The van der Waals surface area contributed by atoms with Crippen LogP contribution in [0.5, 0.6) is 0 Å². The molecule has 1 heterocycles. The number of nitrogens with zero attached hydrogens (tertiary/aromatic N) is 2. The molecule has 3 heteroatoms. The van der Waals surface area contributed by atoms with Gasteiger partial charge in [0.05, 0.1) is 5.41 Å². The van der Waals surface area contributed by atoms with Crippen LogP contribution in [0.3, 0.4) is 0 Å². The molecule has 2 aromatic rings. The van der Waals surface area contributed by atoms with E-state index in [1.54, 1.807) is 0 Å². The minimum atomic E-state index is 0.0361. The summed E-state index contributed by atoms with van der Waals surface area (Å²) in [5.74, 6) is 0.942. The van der Waals surface area contributed by atoms with Crippen molar-refractivity contribution in [3.63, 3.8) is 0 Å². The van der Waals surface area contributed by atoms with Crippen LogP contribution in [0.2, 0.25) is 0 Å². The second-order valence-electron chi connectivity index (χ2n) is 4.92. The van der Waals surface area contributed by atoms with Crippen LogP contribution in [-0.2, 0) is 12.0 Å². The van der Waals surface area contributed by atoms with Gasteiger partial charge in [-0.2, -0.15) is 0 Å². The highest BCUT2D eigenvalue weighted by Crippen LogP contribution is 2.47. The van der Waals surface area contributed by atoms with E-state index in [0.717, 1.165) is 24.2 Å². The van der Waals surface area contributed by atoms with Crippen molar-refractivity contribution in [1.82, 2.24) is 9.97 Å². The normalized spacial score (nSPS) is 17.2. The predicted octanol–water partition coefficient (Wildman–Crippen LogP) is 2.41. The first-order valence-electron chi connectivity index (χ1n) is 6.42. The topological polar surface area (TPSA) is 51.8 Å². The van der Waals surface area contributed by atoms with E-state index in [4.69, 9.17) is 5.73 Å². The van der Waals surface area contributed by atoms with Gasteiger partial charge in [-0.3, -0.25) is 0 Å². The largest absolute Gasteiger partial charge is 0.326 e. The molecule has 1 aliphatic rings. The molecule has 1 aromatic carbocycles. The van der Waals surface area contributed by atoms with E-state index in [0.29, 0.717) is 6.54 Å². The second kappa shape index (κ2) is 4.50.